The third-order valence-electron chi connectivity index (χ3n) is 2.24. The molecular weight excluding hydrogens is 168 g/mol. The molecule has 1 aromatic rings. The van der Waals surface area contributed by atoms with Crippen LogP contribution >= 0.6 is 0 Å². The number of carbonyl (C=O) groups is 1. The fourth-order valence-electron chi connectivity index (χ4n) is 1.52. The van der Waals surface area contributed by atoms with Gasteiger partial charge in [0.25, 0.3) is 0 Å². The molecule has 0 saturated carbocycles. The van der Waals surface area contributed by atoms with Crippen LogP contribution < -0.4 is 0 Å². The maximum atomic E-state index is 11.6. The van der Waals surface area contributed by atoms with Crippen molar-refractivity contribution in [1.82, 2.24) is 0 Å². The molecule has 3 nitrogen and oxygen atoms in total. The van der Waals surface area contributed by atoms with Crippen LogP contribution in [0.5, 0.6) is 0 Å². The molecule has 2 heterocycles. The van der Waals surface area contributed by atoms with E-state index < -0.39 is 0 Å². The highest BCUT2D eigenvalue weighted by atomic mass is 16.5. The number of carbonyl (C=O) groups excluding carboxylic acids is 1. The van der Waals surface area contributed by atoms with Gasteiger partial charge in [-0.05, 0) is 31.4 Å². The number of furan rings is 1. The lowest BCUT2D eigenvalue weighted by molar-refractivity contribution is 0.0168. The Hall–Kier alpha value is -1.09. The lowest BCUT2D eigenvalue weighted by atomic mass is 10.0. The molecule has 3 heteroatoms. The predicted molar refractivity (Wildman–Crippen MR) is 46.6 cm³/mol. The van der Waals surface area contributed by atoms with Crippen LogP contribution in [0.25, 0.3) is 0 Å². The van der Waals surface area contributed by atoms with E-state index in [9.17, 15) is 4.79 Å². The first kappa shape index (κ1) is 8.51. The summed E-state index contributed by atoms with van der Waals surface area (Å²) >= 11 is 0. The molecule has 0 aliphatic carbocycles. The van der Waals surface area contributed by atoms with Crippen molar-refractivity contribution in [3.8, 4) is 0 Å². The molecule has 1 fully saturated rings. The molecule has 13 heavy (non-hydrogen) atoms. The fourth-order valence-corrected chi connectivity index (χ4v) is 1.52. The summed E-state index contributed by atoms with van der Waals surface area (Å²) in [5.41, 5.74) is 0. The van der Waals surface area contributed by atoms with Crippen LogP contribution in [-0.2, 0) is 4.74 Å². The van der Waals surface area contributed by atoms with E-state index in [2.05, 4.69) is 0 Å². The number of rotatable bonds is 2. The normalized spacial score (nSPS) is 22.9. The second-order valence-electron chi connectivity index (χ2n) is 3.20. The zero-order valence-corrected chi connectivity index (χ0v) is 7.36. The quantitative estimate of drug-likeness (QED) is 0.654. The minimum atomic E-state index is -0.278. The monoisotopic (exact) mass is 180 g/mol. The predicted octanol–water partition coefficient (Wildman–Crippen LogP) is 2.03. The maximum Gasteiger partial charge on any atom is 0.226 e. The van der Waals surface area contributed by atoms with Crippen molar-refractivity contribution in [2.75, 3.05) is 6.61 Å². The molecule has 1 aliphatic rings. The largest absolute Gasteiger partial charge is 0.461 e. The van der Waals surface area contributed by atoms with Gasteiger partial charge in [0.2, 0.25) is 5.78 Å². The molecule has 1 aliphatic heterocycles. The van der Waals surface area contributed by atoms with Gasteiger partial charge in [-0.2, -0.15) is 0 Å². The number of ether oxygens (including phenoxy) is 1. The minimum absolute atomic E-state index is 0.0234. The summed E-state index contributed by atoms with van der Waals surface area (Å²) in [4.78, 5) is 11.6. The second kappa shape index (κ2) is 3.75. The first-order chi connectivity index (χ1) is 6.38. The maximum absolute atomic E-state index is 11.6. The third kappa shape index (κ3) is 1.80. The van der Waals surface area contributed by atoms with E-state index in [1.165, 1.54) is 6.26 Å². The number of Topliss-reactive ketones (excluding diaryl/α,β-unsaturated/α-hetero) is 1. The number of hydrogen-bond donors (Lipinski definition) is 0. The van der Waals surface area contributed by atoms with Crippen LogP contribution in [0.1, 0.15) is 29.8 Å². The Morgan fingerprint density at radius 3 is 3.00 bits per heavy atom. The lowest BCUT2D eigenvalue weighted by Crippen LogP contribution is -2.27. The van der Waals surface area contributed by atoms with E-state index >= 15 is 0 Å². The Balaban J connectivity index is 2.04. The Kier molecular flexibility index (Phi) is 2.45. The molecule has 0 aromatic carbocycles. The van der Waals surface area contributed by atoms with Crippen molar-refractivity contribution >= 4 is 5.78 Å². The Bertz CT molecular complexity index is 270. The third-order valence-corrected chi connectivity index (χ3v) is 2.24. The van der Waals surface area contributed by atoms with E-state index in [-0.39, 0.29) is 11.9 Å². The standard InChI is InChI=1S/C10H12O3/c11-10(9-5-3-7-13-9)8-4-1-2-6-12-8/h3,5,7-8H,1-2,4,6H2. The van der Waals surface area contributed by atoms with Crippen molar-refractivity contribution in [1.29, 1.82) is 0 Å². The van der Waals surface area contributed by atoms with Gasteiger partial charge >= 0.3 is 0 Å². The molecular formula is C10H12O3. The van der Waals surface area contributed by atoms with Gasteiger partial charge in [0.15, 0.2) is 5.76 Å². The van der Waals surface area contributed by atoms with Gasteiger partial charge in [-0.15, -0.1) is 0 Å². The smallest absolute Gasteiger partial charge is 0.226 e. The van der Waals surface area contributed by atoms with Crippen LogP contribution in [0.3, 0.4) is 0 Å². The zero-order chi connectivity index (χ0) is 9.10. The SMILES string of the molecule is O=C(c1ccco1)C1CCCCO1. The molecule has 70 valence electrons. The first-order valence-corrected chi connectivity index (χ1v) is 4.57. The van der Waals surface area contributed by atoms with Crippen molar-refractivity contribution in [2.45, 2.75) is 25.4 Å². The average Bonchev–Trinajstić information content (AvgIpc) is 2.71. The highest BCUT2D eigenvalue weighted by Crippen LogP contribution is 2.17. The zero-order valence-electron chi connectivity index (χ0n) is 7.36. The molecule has 0 radical (unpaired) electrons. The van der Waals surface area contributed by atoms with E-state index in [1.54, 1.807) is 12.1 Å². The van der Waals surface area contributed by atoms with E-state index in [1.807, 2.05) is 0 Å². The fraction of sp³-hybridized carbons (Fsp3) is 0.500. The van der Waals surface area contributed by atoms with E-state index in [0.717, 1.165) is 19.3 Å². The molecule has 1 unspecified atom stereocenters. The van der Waals surface area contributed by atoms with Crippen LogP contribution in [0.4, 0.5) is 0 Å². The van der Waals surface area contributed by atoms with Gasteiger partial charge in [0, 0.05) is 6.61 Å². The van der Waals surface area contributed by atoms with Gasteiger partial charge in [-0.1, -0.05) is 0 Å². The topological polar surface area (TPSA) is 39.4 Å². The summed E-state index contributed by atoms with van der Waals surface area (Å²) in [6.45, 7) is 0.692. The summed E-state index contributed by atoms with van der Waals surface area (Å²) in [5, 5.41) is 0. The van der Waals surface area contributed by atoms with Crippen molar-refractivity contribution in [2.24, 2.45) is 0 Å². The van der Waals surface area contributed by atoms with Gasteiger partial charge in [-0.25, -0.2) is 0 Å². The van der Waals surface area contributed by atoms with Crippen LogP contribution in [0.2, 0.25) is 0 Å². The van der Waals surface area contributed by atoms with Crippen molar-refractivity contribution in [3.05, 3.63) is 24.2 Å². The molecule has 0 spiro atoms. The van der Waals surface area contributed by atoms with E-state index in [0.29, 0.717) is 12.4 Å². The summed E-state index contributed by atoms with van der Waals surface area (Å²) in [6, 6.07) is 3.40. The summed E-state index contributed by atoms with van der Waals surface area (Å²) in [6.07, 6.45) is 4.18. The molecule has 0 amide bonds. The molecule has 2 rings (SSSR count). The minimum Gasteiger partial charge on any atom is -0.461 e. The molecule has 0 bridgehead atoms. The van der Waals surface area contributed by atoms with Crippen LogP contribution in [0, 0.1) is 0 Å². The van der Waals surface area contributed by atoms with Crippen molar-refractivity contribution < 1.29 is 13.9 Å². The van der Waals surface area contributed by atoms with Gasteiger partial charge in [0.1, 0.15) is 6.10 Å². The highest BCUT2D eigenvalue weighted by Gasteiger charge is 2.24. The lowest BCUT2D eigenvalue weighted by Gasteiger charge is -2.20. The highest BCUT2D eigenvalue weighted by molar-refractivity contribution is 5.97. The Morgan fingerprint density at radius 1 is 1.46 bits per heavy atom. The van der Waals surface area contributed by atoms with E-state index in [4.69, 9.17) is 9.15 Å². The average molecular weight is 180 g/mol. The number of hydrogen-bond acceptors (Lipinski definition) is 3. The summed E-state index contributed by atoms with van der Waals surface area (Å²) < 4.78 is 10.4. The van der Waals surface area contributed by atoms with Crippen LogP contribution in [-0.4, -0.2) is 18.5 Å². The summed E-state index contributed by atoms with van der Waals surface area (Å²) in [5.74, 6) is 0.386. The van der Waals surface area contributed by atoms with Crippen molar-refractivity contribution in [3.63, 3.8) is 0 Å². The molecule has 1 saturated heterocycles. The first-order valence-electron chi connectivity index (χ1n) is 4.57. The molecule has 0 N–H and O–H groups in total. The summed E-state index contributed by atoms with van der Waals surface area (Å²) in [7, 11) is 0. The Labute approximate surface area is 76.7 Å². The van der Waals surface area contributed by atoms with Crippen LogP contribution in [0.15, 0.2) is 22.8 Å². The van der Waals surface area contributed by atoms with Gasteiger partial charge < -0.3 is 9.15 Å². The number of ketones is 1. The second-order valence-corrected chi connectivity index (χ2v) is 3.20. The van der Waals surface area contributed by atoms with Gasteiger partial charge in [0.05, 0.1) is 6.26 Å². The molecule has 1 atom stereocenters. The Morgan fingerprint density at radius 2 is 2.38 bits per heavy atom. The van der Waals surface area contributed by atoms with Gasteiger partial charge in [-0.3, -0.25) is 4.79 Å². The molecule has 1 aromatic heterocycles.